The summed E-state index contributed by atoms with van der Waals surface area (Å²) in [4.78, 5) is 22.2. The summed E-state index contributed by atoms with van der Waals surface area (Å²) in [5.74, 6) is -0.504. The van der Waals surface area contributed by atoms with Crippen LogP contribution in [-0.4, -0.2) is 17.0 Å². The number of hydrazone groups is 1. The fraction of sp³-hybridized carbons (Fsp3) is 0. The number of nitro benzene ring substituents is 1. The lowest BCUT2D eigenvalue weighted by atomic mass is 10.1. The van der Waals surface area contributed by atoms with Crippen LogP contribution in [0.15, 0.2) is 71.8 Å². The number of nitro groups is 1. The summed E-state index contributed by atoms with van der Waals surface area (Å²) >= 11 is 0. The van der Waals surface area contributed by atoms with E-state index in [4.69, 9.17) is 0 Å². The topological polar surface area (TPSA) is 84.6 Å². The van der Waals surface area contributed by atoms with Gasteiger partial charge in [-0.15, -0.1) is 0 Å². The molecular formula is C18H13N3O3. The van der Waals surface area contributed by atoms with E-state index < -0.39 is 10.8 Å². The number of nitrogens with zero attached hydrogens (tertiary/aromatic N) is 2. The Balaban J connectivity index is 1.71. The number of non-ortho nitro benzene ring substituents is 1. The predicted molar refractivity (Wildman–Crippen MR) is 92.1 cm³/mol. The summed E-state index contributed by atoms with van der Waals surface area (Å²) < 4.78 is 0. The van der Waals surface area contributed by atoms with Crippen molar-refractivity contribution in [1.82, 2.24) is 5.43 Å². The smallest absolute Gasteiger partial charge is 0.267 e. The Hall–Kier alpha value is -3.54. The van der Waals surface area contributed by atoms with E-state index in [2.05, 4.69) is 10.5 Å². The van der Waals surface area contributed by atoms with Crippen molar-refractivity contribution in [1.29, 1.82) is 0 Å². The first-order chi connectivity index (χ1) is 11.6. The average Bonchev–Trinajstić information content (AvgIpc) is 2.61. The number of benzene rings is 3. The molecule has 0 heterocycles. The van der Waals surface area contributed by atoms with Gasteiger partial charge in [0, 0.05) is 17.7 Å². The predicted octanol–water partition coefficient (Wildman–Crippen LogP) is 3.51. The molecular weight excluding hydrogens is 306 g/mol. The van der Waals surface area contributed by atoms with Crippen LogP contribution in [0.4, 0.5) is 5.69 Å². The average molecular weight is 319 g/mol. The van der Waals surface area contributed by atoms with Gasteiger partial charge in [-0.05, 0) is 28.5 Å². The largest absolute Gasteiger partial charge is 0.271 e. The van der Waals surface area contributed by atoms with Gasteiger partial charge in [0.1, 0.15) is 0 Å². The number of carbonyl (C=O) groups is 1. The van der Waals surface area contributed by atoms with Crippen molar-refractivity contribution in [2.75, 3.05) is 0 Å². The quantitative estimate of drug-likeness (QED) is 0.453. The molecule has 3 aromatic rings. The molecule has 0 aliphatic heterocycles. The zero-order chi connectivity index (χ0) is 16.9. The molecule has 3 aromatic carbocycles. The second-order valence-electron chi connectivity index (χ2n) is 5.11. The van der Waals surface area contributed by atoms with Crippen molar-refractivity contribution in [3.63, 3.8) is 0 Å². The molecule has 0 aliphatic carbocycles. The maximum atomic E-state index is 12.0. The molecule has 0 saturated heterocycles. The van der Waals surface area contributed by atoms with Crippen LogP contribution in [-0.2, 0) is 0 Å². The number of hydrogen-bond acceptors (Lipinski definition) is 4. The van der Waals surface area contributed by atoms with Crippen LogP contribution in [0.1, 0.15) is 15.9 Å². The maximum Gasteiger partial charge on any atom is 0.271 e. The minimum atomic E-state index is -0.547. The molecule has 0 atom stereocenters. The molecule has 118 valence electrons. The van der Waals surface area contributed by atoms with E-state index in [-0.39, 0.29) is 11.3 Å². The minimum absolute atomic E-state index is 0.138. The Kier molecular flexibility index (Phi) is 4.29. The van der Waals surface area contributed by atoms with Crippen molar-refractivity contribution in [3.8, 4) is 0 Å². The minimum Gasteiger partial charge on any atom is -0.267 e. The first kappa shape index (κ1) is 15.4. The number of amides is 1. The van der Waals surface area contributed by atoms with E-state index in [9.17, 15) is 14.9 Å². The Morgan fingerprint density at radius 3 is 2.58 bits per heavy atom. The van der Waals surface area contributed by atoms with E-state index in [1.54, 1.807) is 0 Å². The molecule has 0 fully saturated rings. The molecule has 6 nitrogen and oxygen atoms in total. The van der Waals surface area contributed by atoms with Gasteiger partial charge in [-0.1, -0.05) is 42.5 Å². The molecule has 0 aliphatic rings. The monoisotopic (exact) mass is 319 g/mol. The van der Waals surface area contributed by atoms with Crippen molar-refractivity contribution in [3.05, 3.63) is 88.0 Å². The molecule has 0 unspecified atom stereocenters. The second kappa shape index (κ2) is 6.70. The SMILES string of the molecule is O=C(N/N=C\c1ccc2ccccc2c1)c1cccc([N+](=O)[O-])c1. The number of rotatable bonds is 4. The molecule has 0 radical (unpaired) electrons. The molecule has 0 bridgehead atoms. The Morgan fingerprint density at radius 1 is 1.00 bits per heavy atom. The summed E-state index contributed by atoms with van der Waals surface area (Å²) in [6.45, 7) is 0. The summed E-state index contributed by atoms with van der Waals surface area (Å²) in [6.07, 6.45) is 1.53. The Labute approximate surface area is 137 Å². The summed E-state index contributed by atoms with van der Waals surface area (Å²) in [5.41, 5.74) is 3.25. The van der Waals surface area contributed by atoms with Crippen LogP contribution >= 0.6 is 0 Å². The van der Waals surface area contributed by atoms with E-state index in [0.717, 1.165) is 16.3 Å². The van der Waals surface area contributed by atoms with Gasteiger partial charge >= 0.3 is 0 Å². The highest BCUT2D eigenvalue weighted by Gasteiger charge is 2.10. The lowest BCUT2D eigenvalue weighted by Crippen LogP contribution is -2.17. The van der Waals surface area contributed by atoms with Gasteiger partial charge < -0.3 is 0 Å². The van der Waals surface area contributed by atoms with E-state index in [0.29, 0.717) is 0 Å². The van der Waals surface area contributed by atoms with Crippen LogP contribution < -0.4 is 5.43 Å². The maximum absolute atomic E-state index is 12.0. The number of hydrogen-bond donors (Lipinski definition) is 1. The van der Waals surface area contributed by atoms with Crippen LogP contribution in [0.2, 0.25) is 0 Å². The third-order valence-corrected chi connectivity index (χ3v) is 3.47. The van der Waals surface area contributed by atoms with Gasteiger partial charge in [0.2, 0.25) is 0 Å². The first-order valence-corrected chi connectivity index (χ1v) is 7.20. The van der Waals surface area contributed by atoms with Crippen LogP contribution in [0, 0.1) is 10.1 Å². The zero-order valence-electron chi connectivity index (χ0n) is 12.5. The van der Waals surface area contributed by atoms with Gasteiger partial charge in [-0.2, -0.15) is 5.10 Å². The van der Waals surface area contributed by atoms with Crippen LogP contribution in [0.5, 0.6) is 0 Å². The van der Waals surface area contributed by atoms with Crippen molar-refractivity contribution < 1.29 is 9.72 Å². The normalized spacial score (nSPS) is 10.8. The number of carbonyl (C=O) groups excluding carboxylic acids is 1. The van der Waals surface area contributed by atoms with Gasteiger partial charge in [-0.25, -0.2) is 5.43 Å². The molecule has 24 heavy (non-hydrogen) atoms. The van der Waals surface area contributed by atoms with Gasteiger partial charge in [0.15, 0.2) is 0 Å². The van der Waals surface area contributed by atoms with Gasteiger partial charge in [0.05, 0.1) is 11.1 Å². The number of nitrogens with one attached hydrogen (secondary N) is 1. The van der Waals surface area contributed by atoms with Crippen molar-refractivity contribution in [2.24, 2.45) is 5.10 Å². The Bertz CT molecular complexity index is 951. The van der Waals surface area contributed by atoms with Gasteiger partial charge in [-0.3, -0.25) is 14.9 Å². The van der Waals surface area contributed by atoms with E-state index in [1.165, 1.54) is 30.5 Å². The first-order valence-electron chi connectivity index (χ1n) is 7.20. The summed E-state index contributed by atoms with van der Waals surface area (Å²) in [5, 5.41) is 16.8. The standard InChI is InChI=1S/C18H13N3O3/c22-18(16-6-3-7-17(11-16)21(23)24)20-19-12-13-8-9-14-4-1-2-5-15(14)10-13/h1-12H,(H,20,22)/b19-12-. The highest BCUT2D eigenvalue weighted by atomic mass is 16.6. The number of fused-ring (bicyclic) bond motifs is 1. The second-order valence-corrected chi connectivity index (χ2v) is 5.11. The van der Waals surface area contributed by atoms with E-state index in [1.807, 2.05) is 42.5 Å². The molecule has 0 saturated carbocycles. The van der Waals surface area contributed by atoms with Crippen molar-refractivity contribution >= 4 is 28.6 Å². The zero-order valence-corrected chi connectivity index (χ0v) is 12.5. The van der Waals surface area contributed by atoms with Gasteiger partial charge in [0.25, 0.3) is 11.6 Å². The molecule has 1 amide bonds. The van der Waals surface area contributed by atoms with Crippen LogP contribution in [0.25, 0.3) is 10.8 Å². The third-order valence-electron chi connectivity index (χ3n) is 3.47. The fourth-order valence-electron chi connectivity index (χ4n) is 2.28. The van der Waals surface area contributed by atoms with E-state index >= 15 is 0 Å². The highest BCUT2D eigenvalue weighted by Crippen LogP contribution is 2.15. The summed E-state index contributed by atoms with van der Waals surface area (Å²) in [6, 6.07) is 19.2. The van der Waals surface area contributed by atoms with Crippen LogP contribution in [0.3, 0.4) is 0 Å². The molecule has 0 spiro atoms. The molecule has 3 rings (SSSR count). The lowest BCUT2D eigenvalue weighted by Gasteiger charge is -2.01. The fourth-order valence-corrected chi connectivity index (χ4v) is 2.28. The highest BCUT2D eigenvalue weighted by molar-refractivity contribution is 5.96. The molecule has 0 aromatic heterocycles. The summed E-state index contributed by atoms with van der Waals surface area (Å²) in [7, 11) is 0. The third kappa shape index (κ3) is 3.44. The van der Waals surface area contributed by atoms with Crippen molar-refractivity contribution in [2.45, 2.75) is 0 Å². The Morgan fingerprint density at radius 2 is 1.79 bits per heavy atom. The molecule has 6 heteroatoms. The lowest BCUT2D eigenvalue weighted by molar-refractivity contribution is -0.384. The molecule has 1 N–H and O–H groups in total.